The fourth-order valence-corrected chi connectivity index (χ4v) is 2.68. The van der Waals surface area contributed by atoms with Crippen molar-refractivity contribution in [1.82, 2.24) is 9.97 Å². The second kappa shape index (κ2) is 7.31. The Kier molecular flexibility index (Phi) is 5.43. The highest BCUT2D eigenvalue weighted by Crippen LogP contribution is 2.29. The molecule has 0 radical (unpaired) electrons. The molecule has 1 N–H and O–H groups in total. The lowest BCUT2D eigenvalue weighted by atomic mass is 9.85. The molecule has 1 saturated carbocycles. The molecule has 0 aliphatic heterocycles. The SMILES string of the molecule is CCCNc1nccc(OC2CCCCC2CC)n1. The van der Waals surface area contributed by atoms with Gasteiger partial charge in [0.15, 0.2) is 0 Å². The zero-order valence-electron chi connectivity index (χ0n) is 12.1. The molecule has 19 heavy (non-hydrogen) atoms. The summed E-state index contributed by atoms with van der Waals surface area (Å²) in [5.41, 5.74) is 0. The van der Waals surface area contributed by atoms with E-state index in [1.807, 2.05) is 6.07 Å². The molecule has 0 saturated heterocycles. The van der Waals surface area contributed by atoms with Gasteiger partial charge in [-0.3, -0.25) is 0 Å². The molecule has 1 aromatic heterocycles. The second-order valence-corrected chi connectivity index (χ2v) is 5.25. The molecule has 2 rings (SSSR count). The summed E-state index contributed by atoms with van der Waals surface area (Å²) in [6, 6.07) is 1.86. The first-order chi connectivity index (χ1) is 9.33. The van der Waals surface area contributed by atoms with Crippen LogP contribution in [0.2, 0.25) is 0 Å². The van der Waals surface area contributed by atoms with E-state index in [4.69, 9.17) is 4.74 Å². The molecule has 1 heterocycles. The Bertz CT molecular complexity index is 383. The third kappa shape index (κ3) is 4.08. The van der Waals surface area contributed by atoms with Gasteiger partial charge in [-0.15, -0.1) is 0 Å². The molecule has 1 aromatic rings. The number of nitrogens with one attached hydrogen (secondary N) is 1. The molecular weight excluding hydrogens is 238 g/mol. The van der Waals surface area contributed by atoms with Crippen molar-refractivity contribution in [3.63, 3.8) is 0 Å². The second-order valence-electron chi connectivity index (χ2n) is 5.25. The fourth-order valence-electron chi connectivity index (χ4n) is 2.68. The number of anilines is 1. The van der Waals surface area contributed by atoms with Gasteiger partial charge in [-0.1, -0.05) is 20.3 Å². The Balaban J connectivity index is 1.97. The summed E-state index contributed by atoms with van der Waals surface area (Å²) in [7, 11) is 0. The van der Waals surface area contributed by atoms with Gasteiger partial charge >= 0.3 is 0 Å². The standard InChI is InChI=1S/C15H25N3O/c1-3-10-16-15-17-11-9-14(18-15)19-13-8-6-5-7-12(13)4-2/h9,11-13H,3-8,10H2,1-2H3,(H,16,17,18). The average molecular weight is 263 g/mol. The van der Waals surface area contributed by atoms with Crippen molar-refractivity contribution in [3.8, 4) is 5.88 Å². The molecule has 106 valence electrons. The molecule has 0 amide bonds. The molecule has 1 aliphatic carbocycles. The number of hydrogen-bond donors (Lipinski definition) is 1. The third-order valence-corrected chi connectivity index (χ3v) is 3.80. The first kappa shape index (κ1) is 14.1. The van der Waals surface area contributed by atoms with Gasteiger partial charge in [0.1, 0.15) is 6.10 Å². The first-order valence-electron chi connectivity index (χ1n) is 7.57. The molecule has 4 heteroatoms. The summed E-state index contributed by atoms with van der Waals surface area (Å²) in [6.07, 6.45) is 9.40. The average Bonchev–Trinajstić information content (AvgIpc) is 2.46. The van der Waals surface area contributed by atoms with Gasteiger partial charge in [0.05, 0.1) is 0 Å². The Labute approximate surface area is 116 Å². The quantitative estimate of drug-likeness (QED) is 0.851. The highest BCUT2D eigenvalue weighted by Gasteiger charge is 2.25. The van der Waals surface area contributed by atoms with Crippen LogP contribution in [0.5, 0.6) is 5.88 Å². The van der Waals surface area contributed by atoms with Gasteiger partial charge in [-0.05, 0) is 38.0 Å². The van der Waals surface area contributed by atoms with Crippen LogP contribution >= 0.6 is 0 Å². The van der Waals surface area contributed by atoms with Crippen LogP contribution in [0.3, 0.4) is 0 Å². The largest absolute Gasteiger partial charge is 0.474 e. The van der Waals surface area contributed by atoms with Gasteiger partial charge in [-0.2, -0.15) is 4.98 Å². The lowest BCUT2D eigenvalue weighted by Gasteiger charge is -2.30. The van der Waals surface area contributed by atoms with E-state index in [-0.39, 0.29) is 0 Å². The Morgan fingerprint density at radius 1 is 1.32 bits per heavy atom. The summed E-state index contributed by atoms with van der Waals surface area (Å²) in [5.74, 6) is 2.05. The maximum Gasteiger partial charge on any atom is 0.225 e. The van der Waals surface area contributed by atoms with E-state index in [1.165, 1.54) is 25.7 Å². The van der Waals surface area contributed by atoms with Crippen molar-refractivity contribution < 1.29 is 4.74 Å². The van der Waals surface area contributed by atoms with Crippen LogP contribution in [-0.4, -0.2) is 22.6 Å². The van der Waals surface area contributed by atoms with Crippen LogP contribution in [0.4, 0.5) is 5.95 Å². The molecule has 4 nitrogen and oxygen atoms in total. The predicted octanol–water partition coefficient (Wildman–Crippen LogP) is 3.65. The van der Waals surface area contributed by atoms with E-state index < -0.39 is 0 Å². The maximum atomic E-state index is 6.09. The smallest absolute Gasteiger partial charge is 0.225 e. The minimum absolute atomic E-state index is 0.327. The summed E-state index contributed by atoms with van der Waals surface area (Å²) < 4.78 is 6.09. The van der Waals surface area contributed by atoms with Gasteiger partial charge in [-0.25, -0.2) is 4.98 Å². The van der Waals surface area contributed by atoms with E-state index in [0.29, 0.717) is 23.9 Å². The Morgan fingerprint density at radius 2 is 2.16 bits per heavy atom. The molecule has 2 unspecified atom stereocenters. The highest BCUT2D eigenvalue weighted by atomic mass is 16.5. The van der Waals surface area contributed by atoms with Crippen LogP contribution in [0.25, 0.3) is 0 Å². The van der Waals surface area contributed by atoms with Crippen molar-refractivity contribution in [2.24, 2.45) is 5.92 Å². The molecule has 0 aromatic carbocycles. The summed E-state index contributed by atoms with van der Waals surface area (Å²) >= 11 is 0. The monoisotopic (exact) mass is 263 g/mol. The normalized spacial score (nSPS) is 23.1. The summed E-state index contributed by atoms with van der Waals surface area (Å²) in [4.78, 5) is 8.64. The number of aromatic nitrogens is 2. The molecule has 1 fully saturated rings. The van der Waals surface area contributed by atoms with Crippen LogP contribution in [0.15, 0.2) is 12.3 Å². The maximum absolute atomic E-state index is 6.09. The van der Waals surface area contributed by atoms with Gasteiger partial charge in [0.25, 0.3) is 0 Å². The van der Waals surface area contributed by atoms with Crippen LogP contribution in [-0.2, 0) is 0 Å². The van der Waals surface area contributed by atoms with Gasteiger partial charge in [0, 0.05) is 18.8 Å². The summed E-state index contributed by atoms with van der Waals surface area (Å²) in [5, 5.41) is 3.19. The molecular formula is C15H25N3O. The van der Waals surface area contributed by atoms with E-state index in [9.17, 15) is 0 Å². The minimum Gasteiger partial charge on any atom is -0.474 e. The zero-order chi connectivity index (χ0) is 13.5. The Hall–Kier alpha value is -1.32. The lowest BCUT2D eigenvalue weighted by molar-refractivity contribution is 0.0859. The Morgan fingerprint density at radius 3 is 2.95 bits per heavy atom. The van der Waals surface area contributed by atoms with Crippen molar-refractivity contribution in [3.05, 3.63) is 12.3 Å². The molecule has 0 bridgehead atoms. The highest BCUT2D eigenvalue weighted by molar-refractivity contribution is 5.27. The lowest BCUT2D eigenvalue weighted by Crippen LogP contribution is -2.30. The van der Waals surface area contributed by atoms with Crippen LogP contribution in [0.1, 0.15) is 52.4 Å². The number of nitrogens with zero attached hydrogens (tertiary/aromatic N) is 2. The van der Waals surface area contributed by atoms with E-state index in [2.05, 4.69) is 29.1 Å². The minimum atomic E-state index is 0.327. The zero-order valence-corrected chi connectivity index (χ0v) is 12.1. The van der Waals surface area contributed by atoms with Crippen LogP contribution in [0, 0.1) is 5.92 Å². The topological polar surface area (TPSA) is 47.0 Å². The number of hydrogen-bond acceptors (Lipinski definition) is 4. The van der Waals surface area contributed by atoms with Gasteiger partial charge < -0.3 is 10.1 Å². The van der Waals surface area contributed by atoms with Gasteiger partial charge in [0.2, 0.25) is 11.8 Å². The number of rotatable bonds is 6. The van der Waals surface area contributed by atoms with Crippen molar-refractivity contribution in [2.45, 2.75) is 58.5 Å². The van der Waals surface area contributed by atoms with Crippen molar-refractivity contribution >= 4 is 5.95 Å². The predicted molar refractivity (Wildman–Crippen MR) is 77.5 cm³/mol. The summed E-state index contributed by atoms with van der Waals surface area (Å²) in [6.45, 7) is 5.27. The molecule has 0 spiro atoms. The first-order valence-corrected chi connectivity index (χ1v) is 7.57. The van der Waals surface area contributed by atoms with Crippen molar-refractivity contribution in [2.75, 3.05) is 11.9 Å². The van der Waals surface area contributed by atoms with E-state index in [1.54, 1.807) is 6.20 Å². The van der Waals surface area contributed by atoms with E-state index >= 15 is 0 Å². The molecule has 2 atom stereocenters. The van der Waals surface area contributed by atoms with Crippen LogP contribution < -0.4 is 10.1 Å². The fraction of sp³-hybridized carbons (Fsp3) is 0.733. The van der Waals surface area contributed by atoms with Crippen molar-refractivity contribution in [1.29, 1.82) is 0 Å². The molecule has 1 aliphatic rings. The van der Waals surface area contributed by atoms with E-state index in [0.717, 1.165) is 19.4 Å². The third-order valence-electron chi connectivity index (χ3n) is 3.80. The number of ether oxygens (including phenoxy) is 1.